The highest BCUT2D eigenvalue weighted by atomic mass is 16.5. The first-order chi connectivity index (χ1) is 17.1. The number of amides is 1. The van der Waals surface area contributed by atoms with E-state index in [-0.39, 0.29) is 11.8 Å². The second-order valence-corrected chi connectivity index (χ2v) is 9.07. The number of phenols is 1. The molecule has 2 aliphatic rings. The molecule has 186 valence electrons. The van der Waals surface area contributed by atoms with Gasteiger partial charge >= 0.3 is 0 Å². The highest BCUT2D eigenvalue weighted by Crippen LogP contribution is 2.33. The van der Waals surface area contributed by atoms with Crippen molar-refractivity contribution in [3.8, 4) is 17.1 Å². The molecule has 2 fully saturated rings. The molecule has 3 heterocycles. The van der Waals surface area contributed by atoms with E-state index in [9.17, 15) is 9.90 Å². The molecule has 2 aromatic carbocycles. The number of benzene rings is 2. The molecule has 2 atom stereocenters. The van der Waals surface area contributed by atoms with Crippen molar-refractivity contribution in [3.05, 3.63) is 48.0 Å². The Labute approximate surface area is 206 Å². The molecule has 2 aliphatic heterocycles. The molecule has 1 amide bonds. The maximum Gasteiger partial charge on any atom is 0.207 e. The number of aromatic nitrogens is 2. The SMILES string of the molecule is COCC1CCCCO1.Cc1ccc2c(N3CCC(NC=O)C3)nc(-c3ccccc3O)nc2c1. The van der Waals surface area contributed by atoms with Crippen molar-refractivity contribution >= 4 is 23.1 Å². The van der Waals surface area contributed by atoms with Crippen LogP contribution in [0.1, 0.15) is 31.2 Å². The summed E-state index contributed by atoms with van der Waals surface area (Å²) in [6, 6.07) is 13.3. The van der Waals surface area contributed by atoms with Crippen molar-refractivity contribution in [1.29, 1.82) is 0 Å². The number of para-hydroxylation sites is 1. The Morgan fingerprint density at radius 1 is 1.20 bits per heavy atom. The van der Waals surface area contributed by atoms with Gasteiger partial charge in [-0.15, -0.1) is 0 Å². The summed E-state index contributed by atoms with van der Waals surface area (Å²) in [6.07, 6.45) is 5.71. The van der Waals surface area contributed by atoms with E-state index in [1.807, 2.05) is 37.3 Å². The number of phenolic OH excluding ortho intramolecular Hbond substituents is 1. The van der Waals surface area contributed by atoms with Gasteiger partial charge in [-0.25, -0.2) is 9.97 Å². The Morgan fingerprint density at radius 2 is 2.06 bits per heavy atom. The molecular weight excluding hydrogens is 444 g/mol. The van der Waals surface area contributed by atoms with E-state index >= 15 is 0 Å². The molecule has 0 radical (unpaired) electrons. The number of hydrogen-bond donors (Lipinski definition) is 2. The van der Waals surface area contributed by atoms with Crippen LogP contribution < -0.4 is 10.2 Å². The van der Waals surface area contributed by atoms with E-state index in [4.69, 9.17) is 14.5 Å². The third-order valence-corrected chi connectivity index (χ3v) is 6.40. The van der Waals surface area contributed by atoms with Crippen LogP contribution in [0.5, 0.6) is 5.75 Å². The fourth-order valence-electron chi connectivity index (χ4n) is 4.56. The fourth-order valence-corrected chi connectivity index (χ4v) is 4.56. The van der Waals surface area contributed by atoms with Crippen LogP contribution in [0.3, 0.4) is 0 Å². The molecule has 35 heavy (non-hydrogen) atoms. The largest absolute Gasteiger partial charge is 0.507 e. The van der Waals surface area contributed by atoms with Gasteiger partial charge in [0.1, 0.15) is 11.6 Å². The summed E-state index contributed by atoms with van der Waals surface area (Å²) in [5.74, 6) is 1.50. The van der Waals surface area contributed by atoms with Gasteiger partial charge in [0.15, 0.2) is 5.82 Å². The minimum atomic E-state index is 0.122. The Kier molecular flexibility index (Phi) is 8.50. The zero-order chi connectivity index (χ0) is 24.6. The number of methoxy groups -OCH3 is 1. The maximum absolute atomic E-state index is 10.7. The molecule has 0 bridgehead atoms. The summed E-state index contributed by atoms with van der Waals surface area (Å²) in [5.41, 5.74) is 2.58. The highest BCUT2D eigenvalue weighted by molar-refractivity contribution is 5.92. The van der Waals surface area contributed by atoms with E-state index in [1.54, 1.807) is 19.2 Å². The predicted molar refractivity (Wildman–Crippen MR) is 137 cm³/mol. The molecular formula is C27H34N4O4. The van der Waals surface area contributed by atoms with Crippen LogP contribution in [-0.4, -0.2) is 67.0 Å². The average molecular weight is 479 g/mol. The number of nitrogens with one attached hydrogen (secondary N) is 1. The third-order valence-electron chi connectivity index (χ3n) is 6.40. The summed E-state index contributed by atoms with van der Waals surface area (Å²) in [6.45, 7) is 5.24. The number of carbonyl (C=O) groups is 1. The molecule has 8 nitrogen and oxygen atoms in total. The van der Waals surface area contributed by atoms with Crippen LogP contribution in [0.2, 0.25) is 0 Å². The van der Waals surface area contributed by atoms with Crippen molar-refractivity contribution in [1.82, 2.24) is 15.3 Å². The van der Waals surface area contributed by atoms with Gasteiger partial charge in [0.2, 0.25) is 6.41 Å². The summed E-state index contributed by atoms with van der Waals surface area (Å²) in [5, 5.41) is 14.0. The smallest absolute Gasteiger partial charge is 0.207 e. The van der Waals surface area contributed by atoms with Crippen molar-refractivity contribution in [3.63, 3.8) is 0 Å². The lowest BCUT2D eigenvalue weighted by atomic mass is 10.1. The van der Waals surface area contributed by atoms with Crippen LogP contribution >= 0.6 is 0 Å². The molecule has 2 N–H and O–H groups in total. The van der Waals surface area contributed by atoms with Crippen LogP contribution in [-0.2, 0) is 14.3 Å². The van der Waals surface area contributed by atoms with Gasteiger partial charge in [-0.3, -0.25) is 4.79 Å². The number of nitrogens with zero attached hydrogens (tertiary/aromatic N) is 3. The van der Waals surface area contributed by atoms with Gasteiger partial charge in [-0.2, -0.15) is 0 Å². The first-order valence-corrected chi connectivity index (χ1v) is 12.2. The predicted octanol–water partition coefficient (Wildman–Crippen LogP) is 3.84. The molecule has 5 rings (SSSR count). The zero-order valence-corrected chi connectivity index (χ0v) is 20.4. The van der Waals surface area contributed by atoms with E-state index in [2.05, 4.69) is 15.2 Å². The second kappa shape index (κ2) is 12.0. The minimum absolute atomic E-state index is 0.122. The molecule has 0 spiro atoms. The molecule has 8 heteroatoms. The Morgan fingerprint density at radius 3 is 2.80 bits per heavy atom. The topological polar surface area (TPSA) is 96.8 Å². The Hall–Kier alpha value is -3.23. The number of ether oxygens (including phenoxy) is 2. The monoisotopic (exact) mass is 478 g/mol. The van der Waals surface area contributed by atoms with Crippen molar-refractivity contribution in [2.75, 3.05) is 38.3 Å². The van der Waals surface area contributed by atoms with Crippen molar-refractivity contribution in [2.45, 2.75) is 44.8 Å². The number of fused-ring (bicyclic) bond motifs is 1. The third kappa shape index (κ3) is 6.26. The molecule has 2 unspecified atom stereocenters. The standard InChI is InChI=1S/C20H20N4O2.C7H14O2/c1-13-6-7-15-17(10-13)22-19(16-4-2-3-5-18(16)26)23-20(15)24-9-8-14(11-24)21-12-25;1-8-6-7-4-2-3-5-9-7/h2-7,10,12,14,26H,8-9,11H2,1H3,(H,21,25);7H,2-6H2,1H3. The Bertz CT molecular complexity index is 1130. The number of anilines is 1. The fraction of sp³-hybridized carbons (Fsp3) is 0.444. The highest BCUT2D eigenvalue weighted by Gasteiger charge is 2.25. The van der Waals surface area contributed by atoms with Crippen LogP contribution in [0.15, 0.2) is 42.5 Å². The number of hydrogen-bond acceptors (Lipinski definition) is 7. The second-order valence-electron chi connectivity index (χ2n) is 9.07. The maximum atomic E-state index is 10.7. The zero-order valence-electron chi connectivity index (χ0n) is 20.4. The number of rotatable bonds is 6. The van der Waals surface area contributed by atoms with E-state index in [1.165, 1.54) is 19.3 Å². The lowest BCUT2D eigenvalue weighted by Crippen LogP contribution is -2.31. The van der Waals surface area contributed by atoms with Gasteiger partial charge in [0.25, 0.3) is 0 Å². The molecule has 0 saturated carbocycles. The van der Waals surface area contributed by atoms with Crippen molar-refractivity contribution < 1.29 is 19.4 Å². The first-order valence-electron chi connectivity index (χ1n) is 12.2. The van der Waals surface area contributed by atoms with Crippen LogP contribution in [0.25, 0.3) is 22.3 Å². The van der Waals surface area contributed by atoms with Crippen LogP contribution in [0.4, 0.5) is 5.82 Å². The van der Waals surface area contributed by atoms with Gasteiger partial charge in [0, 0.05) is 38.2 Å². The lowest BCUT2D eigenvalue weighted by molar-refractivity contribution is -0.110. The summed E-state index contributed by atoms with van der Waals surface area (Å²) in [7, 11) is 1.72. The van der Waals surface area contributed by atoms with Gasteiger partial charge in [-0.05, 0) is 62.4 Å². The first kappa shape index (κ1) is 24.9. The Balaban J connectivity index is 0.000000271. The van der Waals surface area contributed by atoms with E-state index in [0.29, 0.717) is 24.0 Å². The van der Waals surface area contributed by atoms with Gasteiger partial charge in [0.05, 0.1) is 23.8 Å². The van der Waals surface area contributed by atoms with Gasteiger partial charge < -0.3 is 24.8 Å². The van der Waals surface area contributed by atoms with Gasteiger partial charge in [-0.1, -0.05) is 18.2 Å². The number of aryl methyl sites for hydroxylation is 1. The van der Waals surface area contributed by atoms with Crippen molar-refractivity contribution in [2.24, 2.45) is 0 Å². The average Bonchev–Trinajstić information content (AvgIpc) is 3.33. The molecule has 0 aliphatic carbocycles. The normalized spacial score (nSPS) is 19.8. The molecule has 2 saturated heterocycles. The minimum Gasteiger partial charge on any atom is -0.507 e. The molecule has 3 aromatic rings. The lowest BCUT2D eigenvalue weighted by Gasteiger charge is -2.21. The summed E-state index contributed by atoms with van der Waals surface area (Å²) in [4.78, 5) is 22.4. The molecule has 1 aromatic heterocycles. The van der Waals surface area contributed by atoms with E-state index in [0.717, 1.165) is 54.9 Å². The van der Waals surface area contributed by atoms with Crippen LogP contribution in [0, 0.1) is 6.92 Å². The quantitative estimate of drug-likeness (QED) is 0.520. The number of aromatic hydroxyl groups is 1. The summed E-state index contributed by atoms with van der Waals surface area (Å²) >= 11 is 0. The van der Waals surface area contributed by atoms with E-state index < -0.39 is 0 Å². The number of carbonyl (C=O) groups excluding carboxylic acids is 1. The summed E-state index contributed by atoms with van der Waals surface area (Å²) < 4.78 is 10.3.